The number of hydrogen-bond acceptors (Lipinski definition) is 4. The van der Waals surface area contributed by atoms with Crippen LogP contribution in [0.25, 0.3) is 0 Å². The summed E-state index contributed by atoms with van der Waals surface area (Å²) in [6, 6.07) is 0. The molecule has 0 amide bonds. The van der Waals surface area contributed by atoms with Crippen LogP contribution in [0.2, 0.25) is 0 Å². The molecule has 0 spiro atoms. The van der Waals surface area contributed by atoms with Gasteiger partial charge in [0.15, 0.2) is 0 Å². The molecule has 84 valence electrons. The summed E-state index contributed by atoms with van der Waals surface area (Å²) in [4.78, 5) is 5.50. The molecule has 0 saturated carbocycles. The first kappa shape index (κ1) is 11.3. The summed E-state index contributed by atoms with van der Waals surface area (Å²) < 4.78 is 11.0. The lowest BCUT2D eigenvalue weighted by Crippen LogP contribution is -2.35. The molecule has 0 aromatic carbocycles. The number of hydrogen-bond donors (Lipinski definition) is 0. The van der Waals surface area contributed by atoms with Gasteiger partial charge in [-0.25, -0.2) is 4.98 Å². The van der Waals surface area contributed by atoms with E-state index in [1.807, 2.05) is 6.20 Å². The second-order valence-electron chi connectivity index (χ2n) is 3.58. The molecule has 1 aromatic rings. The Morgan fingerprint density at radius 2 is 2.33 bits per heavy atom. The quantitative estimate of drug-likeness (QED) is 0.770. The normalized spacial score (nSPS) is 20.4. The maximum Gasteiger partial charge on any atom is 0.125 e. The third-order valence-corrected chi connectivity index (χ3v) is 4.40. The fraction of sp³-hybridized carbons (Fsp3) is 0.700. The van der Waals surface area contributed by atoms with Gasteiger partial charge >= 0.3 is 0 Å². The molecule has 1 aromatic heterocycles. The van der Waals surface area contributed by atoms with Crippen molar-refractivity contribution in [2.24, 2.45) is 0 Å². The van der Waals surface area contributed by atoms with Gasteiger partial charge in [0.2, 0.25) is 0 Å². The van der Waals surface area contributed by atoms with E-state index in [1.165, 1.54) is 0 Å². The molecular weight excluding hydrogens is 234 g/mol. The fourth-order valence-corrected chi connectivity index (χ4v) is 3.01. The number of rotatable bonds is 3. The van der Waals surface area contributed by atoms with Gasteiger partial charge in [-0.1, -0.05) is 0 Å². The zero-order chi connectivity index (χ0) is 10.7. The molecule has 5 heteroatoms. The Hall–Kier alpha value is -0.160. The summed E-state index contributed by atoms with van der Waals surface area (Å²) in [6.07, 6.45) is 3.58. The van der Waals surface area contributed by atoms with Crippen LogP contribution in [0.15, 0.2) is 6.20 Å². The largest absolute Gasteiger partial charge is 0.381 e. The highest BCUT2D eigenvalue weighted by molar-refractivity contribution is 7.11. The van der Waals surface area contributed by atoms with E-state index in [-0.39, 0.29) is 5.60 Å². The zero-order valence-corrected chi connectivity index (χ0v) is 10.2. The monoisotopic (exact) mass is 247 g/mol. The van der Waals surface area contributed by atoms with Gasteiger partial charge in [0, 0.05) is 44.2 Å². The Morgan fingerprint density at radius 1 is 1.60 bits per heavy atom. The van der Waals surface area contributed by atoms with Gasteiger partial charge in [-0.05, 0) is 0 Å². The summed E-state index contributed by atoms with van der Waals surface area (Å²) in [5, 5.41) is 1.03. The maximum atomic E-state index is 5.77. The van der Waals surface area contributed by atoms with Gasteiger partial charge < -0.3 is 9.47 Å². The van der Waals surface area contributed by atoms with Crippen molar-refractivity contribution in [1.82, 2.24) is 4.98 Å². The van der Waals surface area contributed by atoms with Gasteiger partial charge in [0.1, 0.15) is 10.6 Å². The first-order valence-electron chi connectivity index (χ1n) is 4.95. The summed E-state index contributed by atoms with van der Waals surface area (Å²) in [6.45, 7) is 1.48. The van der Waals surface area contributed by atoms with E-state index in [0.717, 1.165) is 35.9 Å². The van der Waals surface area contributed by atoms with Gasteiger partial charge in [0.25, 0.3) is 0 Å². The van der Waals surface area contributed by atoms with Crippen LogP contribution in [0.1, 0.15) is 22.7 Å². The van der Waals surface area contributed by atoms with Crippen molar-refractivity contribution in [1.29, 1.82) is 0 Å². The second kappa shape index (κ2) is 4.78. The number of aromatic nitrogens is 1. The SMILES string of the molecule is COC1(c2ncc(CCl)s2)CCOCC1. The Kier molecular flexibility index (Phi) is 3.61. The molecule has 1 fully saturated rings. The lowest BCUT2D eigenvalue weighted by atomic mass is 9.95. The Balaban J connectivity index is 2.24. The van der Waals surface area contributed by atoms with Crippen LogP contribution < -0.4 is 0 Å². The van der Waals surface area contributed by atoms with E-state index in [4.69, 9.17) is 21.1 Å². The molecule has 15 heavy (non-hydrogen) atoms. The number of alkyl halides is 1. The first-order valence-corrected chi connectivity index (χ1v) is 6.30. The predicted molar refractivity (Wildman–Crippen MR) is 60.4 cm³/mol. The van der Waals surface area contributed by atoms with Crippen molar-refractivity contribution >= 4 is 22.9 Å². The summed E-state index contributed by atoms with van der Waals surface area (Å²) in [7, 11) is 1.74. The van der Waals surface area contributed by atoms with Crippen LogP contribution in [0.3, 0.4) is 0 Å². The third kappa shape index (κ3) is 2.18. The Labute approximate surface area is 98.4 Å². The standard InChI is InChI=1S/C10H14ClNO2S/c1-13-10(2-4-14-5-3-10)9-12-7-8(6-11)15-9/h7H,2-6H2,1H3. The number of halogens is 1. The molecule has 2 rings (SSSR count). The number of thiazole rings is 1. The Bertz CT molecular complexity index is 323. The number of nitrogens with zero attached hydrogens (tertiary/aromatic N) is 1. The molecule has 1 saturated heterocycles. The van der Waals surface area contributed by atoms with Crippen LogP contribution >= 0.6 is 22.9 Å². The molecule has 0 unspecified atom stereocenters. The molecular formula is C10H14ClNO2S. The van der Waals surface area contributed by atoms with Crippen molar-refractivity contribution < 1.29 is 9.47 Å². The highest BCUT2D eigenvalue weighted by atomic mass is 35.5. The molecule has 0 bridgehead atoms. The lowest BCUT2D eigenvalue weighted by molar-refractivity contribution is -0.0948. The van der Waals surface area contributed by atoms with E-state index in [2.05, 4.69) is 4.98 Å². The minimum Gasteiger partial charge on any atom is -0.381 e. The highest BCUT2D eigenvalue weighted by Crippen LogP contribution is 2.37. The third-order valence-electron chi connectivity index (χ3n) is 2.77. The molecule has 2 heterocycles. The van der Waals surface area contributed by atoms with Crippen molar-refractivity contribution in [2.45, 2.75) is 24.3 Å². The summed E-state index contributed by atoms with van der Waals surface area (Å²) in [5.41, 5.74) is -0.243. The average molecular weight is 248 g/mol. The smallest absolute Gasteiger partial charge is 0.125 e. The van der Waals surface area contributed by atoms with Gasteiger partial charge in [-0.3, -0.25) is 0 Å². The minimum atomic E-state index is -0.243. The minimum absolute atomic E-state index is 0.243. The Morgan fingerprint density at radius 3 is 2.87 bits per heavy atom. The predicted octanol–water partition coefficient (Wildman–Crippen LogP) is 2.53. The van der Waals surface area contributed by atoms with E-state index in [1.54, 1.807) is 18.4 Å². The highest BCUT2D eigenvalue weighted by Gasteiger charge is 2.37. The topological polar surface area (TPSA) is 31.4 Å². The lowest BCUT2D eigenvalue weighted by Gasteiger charge is -2.33. The van der Waals surface area contributed by atoms with Crippen LogP contribution in [0.4, 0.5) is 0 Å². The fourth-order valence-electron chi connectivity index (χ4n) is 1.79. The van der Waals surface area contributed by atoms with Crippen molar-refractivity contribution in [3.8, 4) is 0 Å². The molecule has 0 N–H and O–H groups in total. The number of ether oxygens (including phenoxy) is 2. The van der Waals surface area contributed by atoms with Crippen LogP contribution in [-0.4, -0.2) is 25.3 Å². The van der Waals surface area contributed by atoms with E-state index in [0.29, 0.717) is 5.88 Å². The van der Waals surface area contributed by atoms with Gasteiger partial charge in [-0.2, -0.15) is 0 Å². The summed E-state index contributed by atoms with van der Waals surface area (Å²) >= 11 is 7.41. The van der Waals surface area contributed by atoms with Crippen LogP contribution in [0, 0.1) is 0 Å². The van der Waals surface area contributed by atoms with Crippen molar-refractivity contribution in [2.75, 3.05) is 20.3 Å². The van der Waals surface area contributed by atoms with Crippen LogP contribution in [-0.2, 0) is 21.0 Å². The number of methoxy groups -OCH3 is 1. The molecule has 1 aliphatic rings. The summed E-state index contributed by atoms with van der Waals surface area (Å²) in [5.74, 6) is 0.522. The van der Waals surface area contributed by atoms with E-state index >= 15 is 0 Å². The first-order chi connectivity index (χ1) is 7.30. The molecule has 0 atom stereocenters. The van der Waals surface area contributed by atoms with Crippen molar-refractivity contribution in [3.63, 3.8) is 0 Å². The van der Waals surface area contributed by atoms with E-state index < -0.39 is 0 Å². The maximum absolute atomic E-state index is 5.77. The van der Waals surface area contributed by atoms with Crippen molar-refractivity contribution in [3.05, 3.63) is 16.1 Å². The molecule has 0 aliphatic carbocycles. The molecule has 0 radical (unpaired) electrons. The van der Waals surface area contributed by atoms with E-state index in [9.17, 15) is 0 Å². The zero-order valence-electron chi connectivity index (χ0n) is 8.66. The second-order valence-corrected chi connectivity index (χ2v) is 4.96. The van der Waals surface area contributed by atoms with Gasteiger partial charge in [-0.15, -0.1) is 22.9 Å². The molecule has 1 aliphatic heterocycles. The molecule has 3 nitrogen and oxygen atoms in total. The van der Waals surface area contributed by atoms with Gasteiger partial charge in [0.05, 0.1) is 5.88 Å². The van der Waals surface area contributed by atoms with Crippen LogP contribution in [0.5, 0.6) is 0 Å². The average Bonchev–Trinajstić information content (AvgIpc) is 2.79.